The van der Waals surface area contributed by atoms with Crippen molar-refractivity contribution >= 4 is 5.91 Å². The van der Waals surface area contributed by atoms with Crippen molar-refractivity contribution in [3.05, 3.63) is 35.7 Å². The van der Waals surface area contributed by atoms with Crippen LogP contribution in [0.1, 0.15) is 40.8 Å². The van der Waals surface area contributed by atoms with Gasteiger partial charge in [-0.2, -0.15) is 5.10 Å². The van der Waals surface area contributed by atoms with Crippen LogP contribution in [-0.4, -0.2) is 38.3 Å². The number of nitrogens with one attached hydrogen (secondary N) is 2. The largest absolute Gasteiger partial charge is 0.371 e. The SMILES string of the molecule is Cc1ncc(C(=O)N[C@H]2CCCO[C@@H]2c2cnn(C)c2)[nH]1. The van der Waals surface area contributed by atoms with Crippen LogP contribution in [0.4, 0.5) is 0 Å². The van der Waals surface area contributed by atoms with Crippen molar-refractivity contribution in [3.63, 3.8) is 0 Å². The zero-order chi connectivity index (χ0) is 14.8. The molecule has 0 saturated carbocycles. The van der Waals surface area contributed by atoms with Crippen molar-refractivity contribution in [2.45, 2.75) is 31.9 Å². The van der Waals surface area contributed by atoms with Crippen LogP contribution in [0.5, 0.6) is 0 Å². The lowest BCUT2D eigenvalue weighted by Crippen LogP contribution is -2.42. The summed E-state index contributed by atoms with van der Waals surface area (Å²) in [5.74, 6) is 0.573. The van der Waals surface area contributed by atoms with Crippen molar-refractivity contribution in [1.82, 2.24) is 25.1 Å². The molecule has 112 valence electrons. The van der Waals surface area contributed by atoms with Gasteiger partial charge in [-0.1, -0.05) is 0 Å². The molecule has 1 aliphatic heterocycles. The Balaban J connectivity index is 1.74. The highest BCUT2D eigenvalue weighted by Gasteiger charge is 2.30. The Bertz CT molecular complexity index is 633. The lowest BCUT2D eigenvalue weighted by atomic mass is 9.98. The molecule has 0 aromatic carbocycles. The van der Waals surface area contributed by atoms with Crippen LogP contribution in [0.2, 0.25) is 0 Å². The van der Waals surface area contributed by atoms with E-state index in [1.54, 1.807) is 17.1 Å². The highest BCUT2D eigenvalue weighted by molar-refractivity contribution is 5.92. The standard InChI is InChI=1S/C14H19N5O2/c1-9-15-7-12(17-9)14(20)18-11-4-3-5-21-13(11)10-6-16-19(2)8-10/h6-8,11,13H,3-5H2,1-2H3,(H,15,17)(H,18,20)/t11-,13+/m0/s1. The summed E-state index contributed by atoms with van der Waals surface area (Å²) in [7, 11) is 1.87. The summed E-state index contributed by atoms with van der Waals surface area (Å²) in [4.78, 5) is 19.2. The van der Waals surface area contributed by atoms with Crippen LogP contribution >= 0.6 is 0 Å². The topological polar surface area (TPSA) is 84.8 Å². The highest BCUT2D eigenvalue weighted by Crippen LogP contribution is 2.28. The van der Waals surface area contributed by atoms with Crippen LogP contribution in [0, 0.1) is 6.92 Å². The second kappa shape index (κ2) is 5.69. The van der Waals surface area contributed by atoms with Gasteiger partial charge in [-0.25, -0.2) is 4.98 Å². The predicted octanol–water partition coefficient (Wildman–Crippen LogP) is 1.10. The first-order valence-electron chi connectivity index (χ1n) is 7.06. The molecule has 3 heterocycles. The second-order valence-corrected chi connectivity index (χ2v) is 5.34. The van der Waals surface area contributed by atoms with E-state index < -0.39 is 0 Å². The van der Waals surface area contributed by atoms with Gasteiger partial charge in [0.25, 0.3) is 5.91 Å². The van der Waals surface area contributed by atoms with E-state index in [1.165, 1.54) is 0 Å². The van der Waals surface area contributed by atoms with Gasteiger partial charge in [-0.15, -0.1) is 0 Å². The summed E-state index contributed by atoms with van der Waals surface area (Å²) in [6.07, 6.45) is 6.93. The average Bonchev–Trinajstić information content (AvgIpc) is 3.08. The molecule has 2 aromatic heterocycles. The number of hydrogen-bond acceptors (Lipinski definition) is 4. The molecule has 0 bridgehead atoms. The molecule has 1 saturated heterocycles. The minimum atomic E-state index is -0.153. The minimum Gasteiger partial charge on any atom is -0.371 e. The molecular weight excluding hydrogens is 270 g/mol. The second-order valence-electron chi connectivity index (χ2n) is 5.34. The van der Waals surface area contributed by atoms with Gasteiger partial charge in [0.15, 0.2) is 0 Å². The minimum absolute atomic E-state index is 0.0564. The Morgan fingerprint density at radius 1 is 1.52 bits per heavy atom. The quantitative estimate of drug-likeness (QED) is 0.886. The van der Waals surface area contributed by atoms with Crippen molar-refractivity contribution < 1.29 is 9.53 Å². The molecule has 2 atom stereocenters. The summed E-state index contributed by atoms with van der Waals surface area (Å²) in [6, 6.07) is -0.0564. The number of rotatable bonds is 3. The molecule has 1 aliphatic rings. The Labute approximate surface area is 122 Å². The molecule has 21 heavy (non-hydrogen) atoms. The van der Waals surface area contributed by atoms with Crippen molar-refractivity contribution in [3.8, 4) is 0 Å². The number of aromatic amines is 1. The fraction of sp³-hybridized carbons (Fsp3) is 0.500. The molecule has 0 aliphatic carbocycles. The third-order valence-corrected chi connectivity index (χ3v) is 3.64. The summed E-state index contributed by atoms with van der Waals surface area (Å²) in [5, 5.41) is 7.21. The summed E-state index contributed by atoms with van der Waals surface area (Å²) < 4.78 is 7.58. The molecule has 7 nitrogen and oxygen atoms in total. The first kappa shape index (κ1) is 13.8. The Kier molecular flexibility index (Phi) is 3.74. The van der Waals surface area contributed by atoms with E-state index in [0.29, 0.717) is 12.3 Å². The maximum absolute atomic E-state index is 12.2. The highest BCUT2D eigenvalue weighted by atomic mass is 16.5. The fourth-order valence-electron chi connectivity index (χ4n) is 2.63. The van der Waals surface area contributed by atoms with Crippen LogP contribution < -0.4 is 5.32 Å². The van der Waals surface area contributed by atoms with Gasteiger partial charge < -0.3 is 15.0 Å². The third-order valence-electron chi connectivity index (χ3n) is 3.64. The number of nitrogens with zero attached hydrogens (tertiary/aromatic N) is 3. The average molecular weight is 289 g/mol. The number of carbonyl (C=O) groups is 1. The first-order chi connectivity index (χ1) is 10.1. The van der Waals surface area contributed by atoms with Crippen LogP contribution in [0.3, 0.4) is 0 Å². The maximum Gasteiger partial charge on any atom is 0.269 e. The predicted molar refractivity (Wildman–Crippen MR) is 75.7 cm³/mol. The molecule has 0 unspecified atom stereocenters. The molecule has 0 radical (unpaired) electrons. The van der Waals surface area contributed by atoms with Gasteiger partial charge in [0, 0.05) is 25.4 Å². The number of hydrogen-bond donors (Lipinski definition) is 2. The van der Waals surface area contributed by atoms with Gasteiger partial charge >= 0.3 is 0 Å². The Hall–Kier alpha value is -2.15. The fourth-order valence-corrected chi connectivity index (χ4v) is 2.63. The monoisotopic (exact) mass is 289 g/mol. The molecule has 1 fully saturated rings. The normalized spacial score (nSPS) is 22.2. The zero-order valence-electron chi connectivity index (χ0n) is 12.2. The summed E-state index contributed by atoms with van der Waals surface area (Å²) >= 11 is 0. The van der Waals surface area contributed by atoms with E-state index >= 15 is 0 Å². The maximum atomic E-state index is 12.2. The van der Waals surface area contributed by atoms with Gasteiger partial charge in [0.2, 0.25) is 0 Å². The van der Waals surface area contributed by atoms with E-state index in [2.05, 4.69) is 20.4 Å². The van der Waals surface area contributed by atoms with E-state index in [-0.39, 0.29) is 18.1 Å². The number of H-pyrrole nitrogens is 1. The third kappa shape index (κ3) is 2.97. The van der Waals surface area contributed by atoms with Crippen molar-refractivity contribution in [2.24, 2.45) is 7.05 Å². The molecular formula is C14H19N5O2. The molecule has 2 aromatic rings. The van der Waals surface area contributed by atoms with Crippen LogP contribution in [-0.2, 0) is 11.8 Å². The molecule has 0 spiro atoms. The number of carbonyl (C=O) groups excluding carboxylic acids is 1. The van der Waals surface area contributed by atoms with Crippen molar-refractivity contribution in [1.29, 1.82) is 0 Å². The molecule has 1 amide bonds. The summed E-state index contributed by atoms with van der Waals surface area (Å²) in [5.41, 5.74) is 1.46. The van der Waals surface area contributed by atoms with Crippen LogP contribution in [0.25, 0.3) is 0 Å². The van der Waals surface area contributed by atoms with Gasteiger partial charge in [0.05, 0.1) is 18.4 Å². The molecule has 7 heteroatoms. The number of amides is 1. The Morgan fingerprint density at radius 3 is 3.05 bits per heavy atom. The van der Waals surface area contributed by atoms with E-state index in [1.807, 2.05) is 20.2 Å². The molecule has 2 N–H and O–H groups in total. The Morgan fingerprint density at radius 2 is 2.38 bits per heavy atom. The number of aromatic nitrogens is 4. The van der Waals surface area contributed by atoms with Crippen LogP contribution in [0.15, 0.2) is 18.6 Å². The number of aryl methyl sites for hydroxylation is 2. The summed E-state index contributed by atoms with van der Waals surface area (Å²) in [6.45, 7) is 2.52. The van der Waals surface area contributed by atoms with Gasteiger partial charge in [0.1, 0.15) is 17.6 Å². The zero-order valence-corrected chi connectivity index (χ0v) is 12.2. The van der Waals surface area contributed by atoms with E-state index in [0.717, 1.165) is 24.2 Å². The van der Waals surface area contributed by atoms with E-state index in [4.69, 9.17) is 4.74 Å². The first-order valence-corrected chi connectivity index (χ1v) is 7.06. The molecule has 3 rings (SSSR count). The lowest BCUT2D eigenvalue weighted by Gasteiger charge is -2.31. The van der Waals surface area contributed by atoms with E-state index in [9.17, 15) is 4.79 Å². The number of ether oxygens (including phenoxy) is 1. The smallest absolute Gasteiger partial charge is 0.269 e. The lowest BCUT2D eigenvalue weighted by molar-refractivity contribution is -0.00954. The number of imidazole rings is 1. The van der Waals surface area contributed by atoms with Gasteiger partial charge in [-0.3, -0.25) is 9.48 Å². The van der Waals surface area contributed by atoms with Crippen molar-refractivity contribution in [2.75, 3.05) is 6.61 Å². The van der Waals surface area contributed by atoms with Gasteiger partial charge in [-0.05, 0) is 19.8 Å².